The summed E-state index contributed by atoms with van der Waals surface area (Å²) in [5.74, 6) is 2.16. The van der Waals surface area contributed by atoms with Crippen LogP contribution >= 0.6 is 12.4 Å². The van der Waals surface area contributed by atoms with E-state index in [0.717, 1.165) is 30.4 Å². The molecule has 0 saturated carbocycles. The summed E-state index contributed by atoms with van der Waals surface area (Å²) in [6.45, 7) is 3.66. The van der Waals surface area contributed by atoms with Gasteiger partial charge in [0, 0.05) is 45.3 Å². The van der Waals surface area contributed by atoms with Crippen molar-refractivity contribution >= 4 is 53.6 Å². The summed E-state index contributed by atoms with van der Waals surface area (Å²) in [4.78, 5) is 63.8. The van der Waals surface area contributed by atoms with Gasteiger partial charge in [0.15, 0.2) is 11.5 Å². The Morgan fingerprint density at radius 1 is 0.825 bits per heavy atom. The highest BCUT2D eigenvalue weighted by Gasteiger charge is 2.36. The van der Waals surface area contributed by atoms with Gasteiger partial charge in [-0.3, -0.25) is 24.2 Å². The summed E-state index contributed by atoms with van der Waals surface area (Å²) < 4.78 is 45.5. The van der Waals surface area contributed by atoms with Crippen molar-refractivity contribution in [3.05, 3.63) is 76.1 Å². The minimum atomic E-state index is -0.637. The highest BCUT2D eigenvalue weighted by Crippen LogP contribution is 2.38. The molecule has 16 nitrogen and oxygen atoms in total. The van der Waals surface area contributed by atoms with E-state index in [4.69, 9.17) is 19.2 Å². The van der Waals surface area contributed by atoms with Crippen molar-refractivity contribution in [3.8, 4) is 11.3 Å². The lowest BCUT2D eigenvalue weighted by Gasteiger charge is -2.17. The topological polar surface area (TPSA) is 210 Å². The number of ketones is 1. The standard InChI is InChI=1S/C20H24FN3O4.C18H18FN3O4.ClH.H3NO/c1-12(25)22-9-16-11-24(20(27)28-16)15-7-13-5-4-6-14(10-23(2)3)19(26)18(13)17(21)8-15;1-10(23)20-8-14-9-22(18(24)25-14)13-5-11-3-2-4-12-7-21-26-17(12)16(11)15(19)6-13;;1-2/h7-8,10,16H,4-6,9,11H2,1-3H3,(H,22,25);5-7,14H,2-4,8-9H2,1H3,(H,20,23);1H;2H,1H2/b14-10+;;;/t16-;14-;;/m00../s1. The van der Waals surface area contributed by atoms with Gasteiger partial charge in [0.25, 0.3) is 0 Å². The number of nitrogens with zero attached hydrogens (tertiary/aromatic N) is 4. The maximum Gasteiger partial charge on any atom is 0.414 e. The Bertz CT molecular complexity index is 2030. The number of aryl methyl sites for hydroxylation is 3. The van der Waals surface area contributed by atoms with Crippen molar-refractivity contribution in [2.24, 2.45) is 5.90 Å². The van der Waals surface area contributed by atoms with Crippen LogP contribution in [0.3, 0.4) is 0 Å². The van der Waals surface area contributed by atoms with Crippen LogP contribution in [-0.2, 0) is 38.3 Å². The molecule has 2 aliphatic carbocycles. The summed E-state index contributed by atoms with van der Waals surface area (Å²) in [6, 6.07) is 6.02. The van der Waals surface area contributed by atoms with Crippen molar-refractivity contribution in [2.45, 2.75) is 64.6 Å². The minimum absolute atomic E-state index is 0. The SMILES string of the molecule is CC(=O)NC[C@H]1CN(c2cc(F)c3c(c2)CCC/C(=C\N(C)C)C3=O)C(=O)O1.CC(=O)NC[C@H]1CN(c2cc(F)c3c(c2)CCCc2cnoc2-3)C(=O)O1.Cl.NO. The molecule has 2 saturated heterocycles. The third-order valence-corrected chi connectivity index (χ3v) is 9.43. The van der Waals surface area contributed by atoms with Crippen LogP contribution in [0.4, 0.5) is 29.7 Å². The number of nitrogens with two attached hydrogens (primary N) is 1. The Kier molecular flexibility index (Phi) is 15.1. The molecule has 19 heteroatoms. The summed E-state index contributed by atoms with van der Waals surface area (Å²) in [7, 11) is 3.64. The fourth-order valence-corrected chi connectivity index (χ4v) is 6.99. The lowest BCUT2D eigenvalue weighted by atomic mass is 9.98. The first kappa shape index (κ1) is 44.1. The van der Waals surface area contributed by atoms with Gasteiger partial charge in [-0.2, -0.15) is 0 Å². The van der Waals surface area contributed by atoms with Gasteiger partial charge in [-0.25, -0.2) is 24.3 Å². The molecule has 4 aliphatic rings. The van der Waals surface area contributed by atoms with Crippen molar-refractivity contribution < 1.29 is 52.0 Å². The molecule has 0 bridgehead atoms. The van der Waals surface area contributed by atoms with E-state index in [0.29, 0.717) is 53.1 Å². The van der Waals surface area contributed by atoms with E-state index < -0.39 is 36.0 Å². The summed E-state index contributed by atoms with van der Waals surface area (Å²) >= 11 is 0. The van der Waals surface area contributed by atoms with E-state index in [1.165, 1.54) is 35.8 Å². The number of amides is 4. The number of ether oxygens (including phenoxy) is 2. The summed E-state index contributed by atoms with van der Waals surface area (Å²) in [5.41, 5.74) is 4.16. The van der Waals surface area contributed by atoms with Crippen molar-refractivity contribution in [2.75, 3.05) is 50.1 Å². The number of fused-ring (bicyclic) bond motifs is 4. The van der Waals surface area contributed by atoms with Crippen molar-refractivity contribution in [1.29, 1.82) is 0 Å². The number of Topliss-reactive ketones (excluding diaryl/α,β-unsaturated/α-hetero) is 1. The minimum Gasteiger partial charge on any atom is -0.442 e. The maximum atomic E-state index is 14.9. The molecule has 3 aromatic rings. The molecule has 308 valence electrons. The average Bonchev–Trinajstić information content (AvgIpc) is 3.81. The molecular weight excluding hydrogens is 772 g/mol. The van der Waals surface area contributed by atoms with E-state index >= 15 is 0 Å². The summed E-state index contributed by atoms with van der Waals surface area (Å²) in [6.07, 6.45) is 5.39. The third kappa shape index (κ3) is 10.4. The number of hydrogen-bond acceptors (Lipinski definition) is 12. The highest BCUT2D eigenvalue weighted by atomic mass is 35.5. The van der Waals surface area contributed by atoms with Gasteiger partial charge in [-0.1, -0.05) is 5.16 Å². The van der Waals surface area contributed by atoms with Gasteiger partial charge in [0.1, 0.15) is 23.8 Å². The van der Waals surface area contributed by atoms with E-state index in [2.05, 4.69) is 21.7 Å². The Labute approximate surface area is 333 Å². The Morgan fingerprint density at radius 2 is 1.30 bits per heavy atom. The number of aromatic nitrogens is 1. The normalized spacial score (nSPS) is 18.8. The molecule has 0 spiro atoms. The number of anilines is 2. The lowest BCUT2D eigenvalue weighted by Crippen LogP contribution is -2.33. The molecule has 2 aliphatic heterocycles. The van der Waals surface area contributed by atoms with Crippen LogP contribution in [0.5, 0.6) is 0 Å². The van der Waals surface area contributed by atoms with Gasteiger partial charge in [-0.15, -0.1) is 12.4 Å². The molecule has 57 heavy (non-hydrogen) atoms. The fraction of sp³-hybridized carbons (Fsp3) is 0.421. The van der Waals surface area contributed by atoms with Gasteiger partial charge < -0.3 is 34.7 Å². The first-order valence-electron chi connectivity index (χ1n) is 18.0. The second kappa shape index (κ2) is 19.5. The molecule has 2 aromatic carbocycles. The predicted molar refractivity (Wildman–Crippen MR) is 205 cm³/mol. The van der Waals surface area contributed by atoms with E-state index in [1.807, 2.05) is 14.1 Å². The van der Waals surface area contributed by atoms with Crippen molar-refractivity contribution in [3.63, 3.8) is 0 Å². The monoisotopic (exact) mass is 817 g/mol. The Balaban J connectivity index is 0.000000239. The van der Waals surface area contributed by atoms with Gasteiger partial charge in [-0.05, 0) is 73.9 Å². The molecule has 0 unspecified atom stereocenters. The quantitative estimate of drug-likeness (QED) is 0.148. The second-order valence-corrected chi connectivity index (χ2v) is 13.9. The molecule has 1 aromatic heterocycles. The molecule has 2 atom stereocenters. The van der Waals surface area contributed by atoms with Crippen LogP contribution in [0, 0.1) is 11.6 Å². The second-order valence-electron chi connectivity index (χ2n) is 13.9. The Hall–Kier alpha value is -5.59. The number of allylic oxidation sites excluding steroid dienone is 1. The van der Waals surface area contributed by atoms with Crippen LogP contribution in [0.2, 0.25) is 0 Å². The van der Waals surface area contributed by atoms with Crippen LogP contribution in [0.25, 0.3) is 11.3 Å². The van der Waals surface area contributed by atoms with E-state index in [-0.39, 0.29) is 61.7 Å². The molecule has 2 fully saturated rings. The highest BCUT2D eigenvalue weighted by molar-refractivity contribution is 6.10. The lowest BCUT2D eigenvalue weighted by molar-refractivity contribution is -0.120. The third-order valence-electron chi connectivity index (χ3n) is 9.43. The number of cyclic esters (lactones) is 2. The molecule has 5 N–H and O–H groups in total. The van der Waals surface area contributed by atoms with Crippen LogP contribution < -0.4 is 26.3 Å². The molecular formula is C38H46ClF2N7O9. The zero-order valence-electron chi connectivity index (χ0n) is 31.9. The van der Waals surface area contributed by atoms with Crippen LogP contribution in [-0.4, -0.2) is 97.5 Å². The zero-order chi connectivity index (χ0) is 40.7. The number of carbonyl (C=O) groups is 5. The van der Waals surface area contributed by atoms with Crippen LogP contribution in [0.1, 0.15) is 60.2 Å². The number of hydrogen-bond donors (Lipinski definition) is 4. The number of rotatable bonds is 7. The van der Waals surface area contributed by atoms with E-state index in [9.17, 15) is 32.8 Å². The van der Waals surface area contributed by atoms with E-state index in [1.54, 1.807) is 29.4 Å². The Morgan fingerprint density at radius 3 is 1.81 bits per heavy atom. The number of carbonyl (C=O) groups excluding carboxylic acids is 5. The largest absolute Gasteiger partial charge is 0.442 e. The van der Waals surface area contributed by atoms with Gasteiger partial charge >= 0.3 is 12.2 Å². The first-order valence-corrected chi connectivity index (χ1v) is 18.0. The molecule has 0 radical (unpaired) electrons. The fourth-order valence-electron chi connectivity index (χ4n) is 6.99. The number of benzene rings is 2. The first-order chi connectivity index (χ1) is 26.8. The zero-order valence-corrected chi connectivity index (χ0v) is 32.7. The average molecular weight is 818 g/mol. The number of halogens is 3. The maximum absolute atomic E-state index is 14.9. The van der Waals surface area contributed by atoms with Crippen LogP contribution in [0.15, 0.2) is 46.8 Å². The van der Waals surface area contributed by atoms with Gasteiger partial charge in [0.2, 0.25) is 11.8 Å². The predicted octanol–water partition coefficient (Wildman–Crippen LogP) is 4.44. The molecule has 3 heterocycles. The van der Waals surface area contributed by atoms with Crippen molar-refractivity contribution in [1.82, 2.24) is 20.7 Å². The van der Waals surface area contributed by atoms with Gasteiger partial charge in [0.05, 0.1) is 54.9 Å². The summed E-state index contributed by atoms with van der Waals surface area (Å²) in [5, 5.41) is 15.5. The smallest absolute Gasteiger partial charge is 0.414 e. The molecule has 7 rings (SSSR count). The molecule has 4 amide bonds. The number of nitrogens with one attached hydrogen (secondary N) is 2.